The largest absolute Gasteiger partial charge is 0.352 e. The summed E-state index contributed by atoms with van der Waals surface area (Å²) in [6.45, 7) is 3.94. The molecule has 2 rings (SSSR count). The van der Waals surface area contributed by atoms with E-state index >= 15 is 0 Å². The van der Waals surface area contributed by atoms with Crippen LogP contribution in [0.5, 0.6) is 0 Å². The average Bonchev–Trinajstić information content (AvgIpc) is 2.75. The quantitative estimate of drug-likeness (QED) is 0.805. The topological polar surface area (TPSA) is 59.0 Å². The lowest BCUT2D eigenvalue weighted by Gasteiger charge is -2.27. The molecule has 94 valence electrons. The van der Waals surface area contributed by atoms with Crippen LogP contribution in [0.2, 0.25) is 0 Å². The zero-order chi connectivity index (χ0) is 12.3. The van der Waals surface area contributed by atoms with Crippen LogP contribution in [0.15, 0.2) is 12.4 Å². The van der Waals surface area contributed by atoms with Gasteiger partial charge in [0.25, 0.3) is 5.91 Å². The third-order valence-corrected chi connectivity index (χ3v) is 3.28. The summed E-state index contributed by atoms with van der Waals surface area (Å²) in [5.74, 6) is 0.517. The zero-order valence-electron chi connectivity index (χ0n) is 10.4. The highest BCUT2D eigenvalue weighted by atomic mass is 16.1. The molecule has 17 heavy (non-hydrogen) atoms. The van der Waals surface area contributed by atoms with Gasteiger partial charge in [-0.1, -0.05) is 0 Å². The molecule has 0 saturated carbocycles. The summed E-state index contributed by atoms with van der Waals surface area (Å²) in [6.07, 6.45) is 5.70. The first-order valence-corrected chi connectivity index (χ1v) is 6.15. The van der Waals surface area contributed by atoms with Gasteiger partial charge in [0.1, 0.15) is 0 Å². The van der Waals surface area contributed by atoms with Crippen molar-refractivity contribution in [1.29, 1.82) is 0 Å². The minimum Gasteiger partial charge on any atom is -0.352 e. The summed E-state index contributed by atoms with van der Waals surface area (Å²) in [5, 5.41) is 10.4. The molecule has 0 aromatic carbocycles. The lowest BCUT2D eigenvalue weighted by molar-refractivity contribution is 0.0944. The van der Waals surface area contributed by atoms with Gasteiger partial charge in [-0.2, -0.15) is 5.10 Å². The van der Waals surface area contributed by atoms with Crippen LogP contribution in [0.1, 0.15) is 30.1 Å². The van der Waals surface area contributed by atoms with E-state index in [9.17, 15) is 4.79 Å². The van der Waals surface area contributed by atoms with Gasteiger partial charge in [0.2, 0.25) is 0 Å². The lowest BCUT2D eigenvalue weighted by Crippen LogP contribution is -2.41. The van der Waals surface area contributed by atoms with Crippen LogP contribution < -0.4 is 10.6 Å². The van der Waals surface area contributed by atoms with Gasteiger partial charge in [-0.05, 0) is 32.2 Å². The molecule has 1 saturated heterocycles. The van der Waals surface area contributed by atoms with Crippen LogP contribution in [0, 0.1) is 5.92 Å². The molecule has 2 unspecified atom stereocenters. The Hall–Kier alpha value is -1.36. The second-order valence-electron chi connectivity index (χ2n) is 4.87. The number of hydrogen-bond donors (Lipinski definition) is 2. The first-order valence-electron chi connectivity index (χ1n) is 6.15. The maximum Gasteiger partial charge on any atom is 0.254 e. The summed E-state index contributed by atoms with van der Waals surface area (Å²) in [6, 6.07) is 0.611. The summed E-state index contributed by atoms with van der Waals surface area (Å²) in [5.41, 5.74) is 0.629. The highest BCUT2D eigenvalue weighted by molar-refractivity contribution is 5.93. The summed E-state index contributed by atoms with van der Waals surface area (Å²) in [4.78, 5) is 11.8. The molecule has 1 amide bonds. The second kappa shape index (κ2) is 5.31. The van der Waals surface area contributed by atoms with Crippen LogP contribution in [-0.4, -0.2) is 34.8 Å². The van der Waals surface area contributed by atoms with Crippen molar-refractivity contribution in [3.05, 3.63) is 18.0 Å². The van der Waals surface area contributed by atoms with Crippen LogP contribution in [0.4, 0.5) is 0 Å². The van der Waals surface area contributed by atoms with E-state index < -0.39 is 0 Å². The molecule has 1 aromatic heterocycles. The van der Waals surface area contributed by atoms with Crippen LogP contribution in [-0.2, 0) is 7.05 Å². The summed E-state index contributed by atoms with van der Waals surface area (Å²) < 4.78 is 1.64. The van der Waals surface area contributed by atoms with E-state index in [1.807, 2.05) is 7.05 Å². The van der Waals surface area contributed by atoms with E-state index in [-0.39, 0.29) is 5.91 Å². The van der Waals surface area contributed by atoms with E-state index in [0.717, 1.165) is 13.1 Å². The Morgan fingerprint density at radius 2 is 2.47 bits per heavy atom. The zero-order valence-corrected chi connectivity index (χ0v) is 10.4. The number of hydrogen-bond acceptors (Lipinski definition) is 3. The van der Waals surface area contributed by atoms with Crippen molar-refractivity contribution < 1.29 is 4.79 Å². The Labute approximate surface area is 102 Å². The molecule has 1 aliphatic heterocycles. The molecular formula is C12H20N4O. The second-order valence-corrected chi connectivity index (χ2v) is 4.87. The standard InChI is InChI=1S/C12H20N4O/c1-9-3-4-10(5-13-9)6-14-12(17)11-7-15-16(2)8-11/h7-10,13H,3-6H2,1-2H3,(H,14,17). The molecule has 1 aliphatic rings. The third-order valence-electron chi connectivity index (χ3n) is 3.28. The normalized spacial score (nSPS) is 24.6. The van der Waals surface area contributed by atoms with Crippen molar-refractivity contribution >= 4 is 5.91 Å². The number of aromatic nitrogens is 2. The third kappa shape index (κ3) is 3.30. The fraction of sp³-hybridized carbons (Fsp3) is 0.667. The molecular weight excluding hydrogens is 216 g/mol. The molecule has 1 aromatic rings. The highest BCUT2D eigenvalue weighted by Gasteiger charge is 2.18. The molecule has 5 heteroatoms. The van der Waals surface area contributed by atoms with Crippen LogP contribution >= 0.6 is 0 Å². The molecule has 0 radical (unpaired) electrons. The van der Waals surface area contributed by atoms with Gasteiger partial charge in [0, 0.05) is 25.8 Å². The molecule has 2 heterocycles. The molecule has 0 aliphatic carbocycles. The maximum atomic E-state index is 11.8. The Morgan fingerprint density at radius 3 is 3.06 bits per heavy atom. The predicted octanol–water partition coefficient (Wildman–Crippen LogP) is 0.538. The van der Waals surface area contributed by atoms with Crippen molar-refractivity contribution in [2.45, 2.75) is 25.8 Å². The van der Waals surface area contributed by atoms with Crippen molar-refractivity contribution in [2.75, 3.05) is 13.1 Å². The van der Waals surface area contributed by atoms with E-state index in [2.05, 4.69) is 22.7 Å². The van der Waals surface area contributed by atoms with Gasteiger partial charge in [0.15, 0.2) is 0 Å². The van der Waals surface area contributed by atoms with Gasteiger partial charge in [-0.3, -0.25) is 9.48 Å². The number of carbonyl (C=O) groups excluding carboxylic acids is 1. The Morgan fingerprint density at radius 1 is 1.65 bits per heavy atom. The lowest BCUT2D eigenvalue weighted by atomic mass is 9.95. The minimum atomic E-state index is -0.0308. The minimum absolute atomic E-state index is 0.0308. The van der Waals surface area contributed by atoms with Crippen molar-refractivity contribution in [3.8, 4) is 0 Å². The van der Waals surface area contributed by atoms with Gasteiger partial charge in [-0.15, -0.1) is 0 Å². The van der Waals surface area contributed by atoms with Gasteiger partial charge in [-0.25, -0.2) is 0 Å². The Bertz CT molecular complexity index is 380. The monoisotopic (exact) mass is 236 g/mol. The van der Waals surface area contributed by atoms with Crippen LogP contribution in [0.25, 0.3) is 0 Å². The molecule has 0 bridgehead atoms. The molecule has 5 nitrogen and oxygen atoms in total. The molecule has 2 atom stereocenters. The van der Waals surface area contributed by atoms with E-state index in [1.165, 1.54) is 12.8 Å². The average molecular weight is 236 g/mol. The number of amides is 1. The number of nitrogens with zero attached hydrogens (tertiary/aromatic N) is 2. The first-order chi connectivity index (χ1) is 8.15. The first kappa shape index (κ1) is 12.1. The molecule has 0 spiro atoms. The predicted molar refractivity (Wildman–Crippen MR) is 65.7 cm³/mol. The van der Waals surface area contributed by atoms with Crippen molar-refractivity contribution in [2.24, 2.45) is 13.0 Å². The van der Waals surface area contributed by atoms with Gasteiger partial charge in [0.05, 0.1) is 11.8 Å². The fourth-order valence-electron chi connectivity index (χ4n) is 2.11. The van der Waals surface area contributed by atoms with E-state index in [4.69, 9.17) is 0 Å². The number of aryl methyl sites for hydroxylation is 1. The number of piperidine rings is 1. The van der Waals surface area contributed by atoms with Gasteiger partial charge >= 0.3 is 0 Å². The Kier molecular flexibility index (Phi) is 3.78. The summed E-state index contributed by atoms with van der Waals surface area (Å²) in [7, 11) is 1.81. The SMILES string of the molecule is CC1CCC(CNC(=O)c2cnn(C)c2)CN1. The van der Waals surface area contributed by atoms with Crippen molar-refractivity contribution in [1.82, 2.24) is 20.4 Å². The molecule has 1 fully saturated rings. The Balaban J connectivity index is 1.76. The number of nitrogens with one attached hydrogen (secondary N) is 2. The summed E-state index contributed by atoms with van der Waals surface area (Å²) >= 11 is 0. The van der Waals surface area contributed by atoms with Gasteiger partial charge < -0.3 is 10.6 Å². The fourth-order valence-corrected chi connectivity index (χ4v) is 2.11. The number of rotatable bonds is 3. The number of carbonyl (C=O) groups is 1. The maximum absolute atomic E-state index is 11.8. The molecule has 2 N–H and O–H groups in total. The van der Waals surface area contributed by atoms with Crippen molar-refractivity contribution in [3.63, 3.8) is 0 Å². The highest BCUT2D eigenvalue weighted by Crippen LogP contribution is 2.13. The van der Waals surface area contributed by atoms with E-state index in [1.54, 1.807) is 17.1 Å². The smallest absolute Gasteiger partial charge is 0.254 e. The van der Waals surface area contributed by atoms with Crippen LogP contribution in [0.3, 0.4) is 0 Å². The van der Waals surface area contributed by atoms with E-state index in [0.29, 0.717) is 17.5 Å².